The summed E-state index contributed by atoms with van der Waals surface area (Å²) in [6, 6.07) is 0. The van der Waals surface area contributed by atoms with Crippen LogP contribution in [0.15, 0.2) is 0 Å². The van der Waals surface area contributed by atoms with Crippen molar-refractivity contribution in [1.82, 2.24) is 4.90 Å². The van der Waals surface area contributed by atoms with Crippen LogP contribution in [0.5, 0.6) is 0 Å². The van der Waals surface area contributed by atoms with Gasteiger partial charge in [0.1, 0.15) is 5.60 Å². The Morgan fingerprint density at radius 1 is 1.50 bits per heavy atom. The molecule has 1 aliphatic heterocycles. The first-order chi connectivity index (χ1) is 6.92. The van der Waals surface area contributed by atoms with E-state index in [1.54, 1.807) is 4.90 Å². The molecule has 0 bridgehead atoms. The van der Waals surface area contributed by atoms with E-state index in [1.807, 2.05) is 20.8 Å². The van der Waals surface area contributed by atoms with Crippen molar-refractivity contribution in [3.05, 3.63) is 0 Å². The van der Waals surface area contributed by atoms with E-state index in [2.05, 4.69) is 0 Å². The molecule has 0 aromatic heterocycles. The van der Waals surface area contributed by atoms with Crippen molar-refractivity contribution in [2.24, 2.45) is 11.7 Å². The predicted molar refractivity (Wildman–Crippen MR) is 66.8 cm³/mol. The zero-order valence-electron chi connectivity index (χ0n) is 10.4. The normalized spacial score (nSPS) is 21.2. The fourth-order valence-electron chi connectivity index (χ4n) is 1.75. The molecule has 1 saturated heterocycles. The highest BCUT2D eigenvalue weighted by Crippen LogP contribution is 2.18. The van der Waals surface area contributed by atoms with Crippen molar-refractivity contribution in [2.45, 2.75) is 39.2 Å². The van der Waals surface area contributed by atoms with Crippen LogP contribution >= 0.6 is 12.4 Å². The highest BCUT2D eigenvalue weighted by Gasteiger charge is 2.26. The van der Waals surface area contributed by atoms with Gasteiger partial charge in [-0.1, -0.05) is 0 Å². The van der Waals surface area contributed by atoms with Gasteiger partial charge in [0.15, 0.2) is 0 Å². The van der Waals surface area contributed by atoms with E-state index >= 15 is 0 Å². The number of nitrogens with zero attached hydrogens (tertiary/aromatic N) is 1. The molecule has 0 unspecified atom stereocenters. The van der Waals surface area contributed by atoms with Crippen LogP contribution < -0.4 is 5.73 Å². The van der Waals surface area contributed by atoms with Gasteiger partial charge in [-0.15, -0.1) is 12.4 Å². The molecule has 1 heterocycles. The molecule has 0 aromatic rings. The molecule has 0 saturated carbocycles. The Kier molecular flexibility index (Phi) is 6.11. The second-order valence-corrected chi connectivity index (χ2v) is 5.17. The van der Waals surface area contributed by atoms with Gasteiger partial charge >= 0.3 is 6.09 Å². The van der Waals surface area contributed by atoms with Gasteiger partial charge in [-0.2, -0.15) is 0 Å². The number of carbonyl (C=O) groups excluding carboxylic acids is 1. The molecule has 16 heavy (non-hydrogen) atoms. The van der Waals surface area contributed by atoms with E-state index in [1.165, 1.54) is 0 Å². The summed E-state index contributed by atoms with van der Waals surface area (Å²) in [5.74, 6) is 0.436. The number of piperidine rings is 1. The Labute approximate surface area is 104 Å². The Balaban J connectivity index is 0.00000225. The van der Waals surface area contributed by atoms with E-state index in [0.717, 1.165) is 25.9 Å². The molecule has 0 spiro atoms. The molecule has 96 valence electrons. The first kappa shape index (κ1) is 15.5. The zero-order valence-corrected chi connectivity index (χ0v) is 11.2. The van der Waals surface area contributed by atoms with Gasteiger partial charge in [0, 0.05) is 13.1 Å². The summed E-state index contributed by atoms with van der Waals surface area (Å²) >= 11 is 0. The van der Waals surface area contributed by atoms with Crippen molar-refractivity contribution in [1.29, 1.82) is 0 Å². The van der Waals surface area contributed by atoms with Crippen LogP contribution in [0.1, 0.15) is 33.6 Å². The van der Waals surface area contributed by atoms with E-state index < -0.39 is 5.60 Å². The number of halogens is 1. The molecular formula is C11H23ClN2O2. The molecule has 0 aliphatic carbocycles. The number of carbonyl (C=O) groups is 1. The topological polar surface area (TPSA) is 55.6 Å². The third kappa shape index (κ3) is 5.03. The van der Waals surface area contributed by atoms with E-state index in [-0.39, 0.29) is 18.5 Å². The molecule has 1 amide bonds. The van der Waals surface area contributed by atoms with E-state index in [4.69, 9.17) is 10.5 Å². The van der Waals surface area contributed by atoms with Crippen LogP contribution in [0.4, 0.5) is 4.79 Å². The standard InChI is InChI=1S/C11H22N2O2.ClH/c1-11(2,3)15-10(14)13-6-4-5-9(7-12)8-13;/h9H,4-8,12H2,1-3H3;1H/t9-;/m1./s1. The van der Waals surface area contributed by atoms with Crippen molar-refractivity contribution in [3.8, 4) is 0 Å². The molecule has 1 fully saturated rings. The summed E-state index contributed by atoms with van der Waals surface area (Å²) in [5, 5.41) is 0. The summed E-state index contributed by atoms with van der Waals surface area (Å²) in [4.78, 5) is 13.5. The number of hydrogen-bond acceptors (Lipinski definition) is 3. The molecule has 0 aromatic carbocycles. The van der Waals surface area contributed by atoms with Crippen molar-refractivity contribution < 1.29 is 9.53 Å². The fourth-order valence-corrected chi connectivity index (χ4v) is 1.75. The van der Waals surface area contributed by atoms with Crippen LogP contribution in [0.3, 0.4) is 0 Å². The molecule has 1 atom stereocenters. The fraction of sp³-hybridized carbons (Fsp3) is 0.909. The van der Waals surface area contributed by atoms with Gasteiger partial charge in [-0.3, -0.25) is 0 Å². The summed E-state index contributed by atoms with van der Waals surface area (Å²) in [7, 11) is 0. The lowest BCUT2D eigenvalue weighted by Crippen LogP contribution is -2.44. The van der Waals surface area contributed by atoms with E-state index in [9.17, 15) is 4.79 Å². The van der Waals surface area contributed by atoms with Crippen LogP contribution in [-0.4, -0.2) is 36.2 Å². The third-order valence-corrected chi connectivity index (χ3v) is 2.50. The number of amides is 1. The minimum Gasteiger partial charge on any atom is -0.444 e. The van der Waals surface area contributed by atoms with Crippen LogP contribution in [0.2, 0.25) is 0 Å². The number of nitrogens with two attached hydrogens (primary N) is 1. The average Bonchev–Trinajstić information content (AvgIpc) is 2.15. The molecule has 5 heteroatoms. The summed E-state index contributed by atoms with van der Waals surface area (Å²) in [6.45, 7) is 7.84. The predicted octanol–water partition coefficient (Wildman–Crippen LogP) is 2.01. The lowest BCUT2D eigenvalue weighted by Gasteiger charge is -2.33. The molecule has 0 radical (unpaired) electrons. The Morgan fingerprint density at radius 3 is 2.62 bits per heavy atom. The summed E-state index contributed by atoms with van der Waals surface area (Å²) in [5.41, 5.74) is 5.20. The third-order valence-electron chi connectivity index (χ3n) is 2.50. The molecule has 2 N–H and O–H groups in total. The second kappa shape index (κ2) is 6.30. The Morgan fingerprint density at radius 2 is 2.12 bits per heavy atom. The quantitative estimate of drug-likeness (QED) is 0.775. The van der Waals surface area contributed by atoms with Crippen molar-refractivity contribution in [3.63, 3.8) is 0 Å². The largest absolute Gasteiger partial charge is 0.444 e. The van der Waals surface area contributed by atoms with Crippen molar-refractivity contribution in [2.75, 3.05) is 19.6 Å². The molecular weight excluding hydrogens is 228 g/mol. The van der Waals surface area contributed by atoms with Gasteiger partial charge in [-0.05, 0) is 46.1 Å². The highest BCUT2D eigenvalue weighted by molar-refractivity contribution is 5.85. The maximum absolute atomic E-state index is 11.7. The smallest absolute Gasteiger partial charge is 0.410 e. The van der Waals surface area contributed by atoms with Crippen LogP contribution in [0.25, 0.3) is 0 Å². The Bertz CT molecular complexity index is 229. The zero-order chi connectivity index (χ0) is 11.5. The maximum Gasteiger partial charge on any atom is 0.410 e. The molecule has 1 aliphatic rings. The first-order valence-corrected chi connectivity index (χ1v) is 5.60. The second-order valence-electron chi connectivity index (χ2n) is 5.17. The van der Waals surface area contributed by atoms with E-state index in [0.29, 0.717) is 12.5 Å². The lowest BCUT2D eigenvalue weighted by atomic mass is 9.99. The summed E-state index contributed by atoms with van der Waals surface area (Å²) in [6.07, 6.45) is 1.94. The average molecular weight is 251 g/mol. The van der Waals surface area contributed by atoms with Gasteiger partial charge in [0.25, 0.3) is 0 Å². The molecule has 4 nitrogen and oxygen atoms in total. The van der Waals surface area contributed by atoms with Crippen LogP contribution in [-0.2, 0) is 4.74 Å². The lowest BCUT2D eigenvalue weighted by molar-refractivity contribution is 0.0170. The monoisotopic (exact) mass is 250 g/mol. The number of likely N-dealkylation sites (tertiary alicyclic amines) is 1. The number of ether oxygens (including phenoxy) is 1. The van der Waals surface area contributed by atoms with Gasteiger partial charge < -0.3 is 15.4 Å². The summed E-state index contributed by atoms with van der Waals surface area (Å²) < 4.78 is 5.32. The van der Waals surface area contributed by atoms with Crippen molar-refractivity contribution >= 4 is 18.5 Å². The molecule has 1 rings (SSSR count). The maximum atomic E-state index is 11.7. The number of rotatable bonds is 1. The van der Waals surface area contributed by atoms with Gasteiger partial charge in [-0.25, -0.2) is 4.79 Å². The SMILES string of the molecule is CC(C)(C)OC(=O)N1CCC[C@H](CN)C1.Cl. The van der Waals surface area contributed by atoms with Gasteiger partial charge in [0.05, 0.1) is 0 Å². The Hall–Kier alpha value is -0.480. The minimum atomic E-state index is -0.410. The highest BCUT2D eigenvalue weighted by atomic mass is 35.5. The van der Waals surface area contributed by atoms with Crippen LogP contribution in [0, 0.1) is 5.92 Å². The first-order valence-electron chi connectivity index (χ1n) is 5.60. The number of hydrogen-bond donors (Lipinski definition) is 1. The minimum absolute atomic E-state index is 0. The van der Waals surface area contributed by atoms with Gasteiger partial charge in [0.2, 0.25) is 0 Å².